The van der Waals surface area contributed by atoms with Gasteiger partial charge in [0.2, 0.25) is 0 Å². The van der Waals surface area contributed by atoms with Gasteiger partial charge in [-0.25, -0.2) is 0 Å². The molecule has 20 heavy (non-hydrogen) atoms. The summed E-state index contributed by atoms with van der Waals surface area (Å²) in [6.07, 6.45) is 11.0. The molecule has 0 radical (unpaired) electrons. The monoisotopic (exact) mass is 281 g/mol. The van der Waals surface area contributed by atoms with Crippen molar-refractivity contribution in [3.8, 4) is 0 Å². The van der Waals surface area contributed by atoms with Gasteiger partial charge < -0.3 is 10.6 Å². The van der Waals surface area contributed by atoms with Crippen LogP contribution in [-0.2, 0) is 0 Å². The zero-order valence-corrected chi connectivity index (χ0v) is 13.5. The zero-order valence-electron chi connectivity index (χ0n) is 13.5. The molecule has 2 unspecified atom stereocenters. The minimum absolute atomic E-state index is 0.847. The first kappa shape index (κ1) is 16.3. The number of unbranched alkanes of at least 4 members (excludes halogenated alkanes) is 1. The van der Waals surface area contributed by atoms with E-state index in [1.165, 1.54) is 84.1 Å². The summed E-state index contributed by atoms with van der Waals surface area (Å²) < 4.78 is 0. The number of nitrogens with two attached hydrogens (primary N) is 1. The van der Waals surface area contributed by atoms with Gasteiger partial charge in [-0.15, -0.1) is 0 Å². The lowest BCUT2D eigenvalue weighted by Crippen LogP contribution is -2.44. The van der Waals surface area contributed by atoms with Gasteiger partial charge >= 0.3 is 0 Å². The van der Waals surface area contributed by atoms with Crippen LogP contribution in [0.3, 0.4) is 0 Å². The molecule has 2 aliphatic rings. The van der Waals surface area contributed by atoms with Crippen molar-refractivity contribution in [1.29, 1.82) is 0 Å². The third-order valence-electron chi connectivity index (χ3n) is 5.41. The summed E-state index contributed by atoms with van der Waals surface area (Å²) in [4.78, 5) is 5.50. The summed E-state index contributed by atoms with van der Waals surface area (Å²) in [6.45, 7) is 9.69. The van der Waals surface area contributed by atoms with E-state index in [1.54, 1.807) is 0 Å². The van der Waals surface area contributed by atoms with Gasteiger partial charge in [0.25, 0.3) is 0 Å². The van der Waals surface area contributed by atoms with E-state index in [-0.39, 0.29) is 0 Å². The van der Waals surface area contributed by atoms with E-state index >= 15 is 0 Å². The third-order valence-corrected chi connectivity index (χ3v) is 5.41. The Morgan fingerprint density at radius 2 is 1.80 bits per heavy atom. The molecule has 2 fully saturated rings. The summed E-state index contributed by atoms with van der Waals surface area (Å²) in [5.74, 6) is 0.965. The van der Waals surface area contributed by atoms with E-state index in [1.807, 2.05) is 0 Å². The van der Waals surface area contributed by atoms with E-state index < -0.39 is 0 Å². The Labute approximate surface area is 125 Å². The molecule has 118 valence electrons. The smallest absolute Gasteiger partial charge is 0.0124 e. The molecule has 0 bridgehead atoms. The van der Waals surface area contributed by atoms with Gasteiger partial charge in [-0.1, -0.05) is 26.2 Å². The maximum atomic E-state index is 5.60. The van der Waals surface area contributed by atoms with Crippen LogP contribution in [0, 0.1) is 5.92 Å². The van der Waals surface area contributed by atoms with Crippen LogP contribution in [0.25, 0.3) is 0 Å². The van der Waals surface area contributed by atoms with Gasteiger partial charge in [-0.2, -0.15) is 0 Å². The number of hydrogen-bond acceptors (Lipinski definition) is 3. The summed E-state index contributed by atoms with van der Waals surface area (Å²) >= 11 is 0. The lowest BCUT2D eigenvalue weighted by molar-refractivity contribution is 0.104. The zero-order chi connectivity index (χ0) is 14.2. The summed E-state index contributed by atoms with van der Waals surface area (Å²) in [5, 5.41) is 0. The van der Waals surface area contributed by atoms with Crippen LogP contribution in [0.1, 0.15) is 58.3 Å². The van der Waals surface area contributed by atoms with Crippen molar-refractivity contribution in [1.82, 2.24) is 9.80 Å². The molecule has 0 aromatic heterocycles. The van der Waals surface area contributed by atoms with Gasteiger partial charge in [-0.3, -0.25) is 4.90 Å². The Kier molecular flexibility index (Phi) is 7.32. The average Bonchev–Trinajstić information content (AvgIpc) is 2.73. The molecule has 0 aromatic rings. The molecule has 3 heteroatoms. The first-order chi connectivity index (χ1) is 9.85. The van der Waals surface area contributed by atoms with Crippen molar-refractivity contribution in [2.75, 3.05) is 39.3 Å². The lowest BCUT2D eigenvalue weighted by atomic mass is 9.82. The highest BCUT2D eigenvalue weighted by molar-refractivity contribution is 4.84. The highest BCUT2D eigenvalue weighted by atomic mass is 15.2. The van der Waals surface area contributed by atoms with E-state index in [4.69, 9.17) is 5.73 Å². The largest absolute Gasteiger partial charge is 0.330 e. The van der Waals surface area contributed by atoms with Gasteiger partial charge in [0.1, 0.15) is 0 Å². The molecule has 0 amide bonds. The molecule has 1 aliphatic carbocycles. The van der Waals surface area contributed by atoms with Gasteiger partial charge in [0, 0.05) is 19.1 Å². The second-order valence-corrected chi connectivity index (χ2v) is 6.75. The normalized spacial score (nSPS) is 30.3. The Hall–Kier alpha value is -0.120. The molecule has 1 heterocycles. The van der Waals surface area contributed by atoms with Gasteiger partial charge in [-0.05, 0) is 64.2 Å². The molecule has 2 N–H and O–H groups in total. The van der Waals surface area contributed by atoms with Crippen molar-refractivity contribution in [3.05, 3.63) is 0 Å². The first-order valence-electron chi connectivity index (χ1n) is 9.01. The fraction of sp³-hybridized carbons (Fsp3) is 1.00. The number of nitrogens with zero attached hydrogens (tertiary/aromatic N) is 2. The fourth-order valence-electron chi connectivity index (χ4n) is 4.17. The van der Waals surface area contributed by atoms with E-state index in [0.717, 1.165) is 18.5 Å². The molecule has 2 rings (SSSR count). The van der Waals surface area contributed by atoms with Crippen LogP contribution in [0.5, 0.6) is 0 Å². The quantitative estimate of drug-likeness (QED) is 0.760. The number of rotatable bonds is 6. The first-order valence-corrected chi connectivity index (χ1v) is 9.01. The minimum Gasteiger partial charge on any atom is -0.330 e. The van der Waals surface area contributed by atoms with Gasteiger partial charge in [0.15, 0.2) is 0 Å². The maximum Gasteiger partial charge on any atom is 0.0124 e. The fourth-order valence-corrected chi connectivity index (χ4v) is 4.17. The molecule has 2 atom stereocenters. The Morgan fingerprint density at radius 3 is 2.60 bits per heavy atom. The molecule has 1 saturated carbocycles. The molecule has 0 aromatic carbocycles. The van der Waals surface area contributed by atoms with Crippen LogP contribution in [0.15, 0.2) is 0 Å². The molecule has 1 saturated heterocycles. The maximum absolute atomic E-state index is 5.60. The number of hydrogen-bond donors (Lipinski definition) is 1. The van der Waals surface area contributed by atoms with Crippen molar-refractivity contribution in [2.45, 2.75) is 64.3 Å². The topological polar surface area (TPSA) is 32.5 Å². The van der Waals surface area contributed by atoms with E-state index in [2.05, 4.69) is 16.7 Å². The molecular weight excluding hydrogens is 246 g/mol. The second-order valence-electron chi connectivity index (χ2n) is 6.75. The second kappa shape index (κ2) is 9.01. The highest BCUT2D eigenvalue weighted by Gasteiger charge is 2.29. The van der Waals surface area contributed by atoms with Crippen molar-refractivity contribution >= 4 is 0 Å². The predicted octanol–water partition coefficient (Wildman–Crippen LogP) is 2.70. The Morgan fingerprint density at radius 1 is 0.950 bits per heavy atom. The molecule has 1 aliphatic heterocycles. The van der Waals surface area contributed by atoms with Crippen LogP contribution in [-0.4, -0.2) is 55.1 Å². The lowest BCUT2D eigenvalue weighted by Gasteiger charge is -2.39. The van der Waals surface area contributed by atoms with E-state index in [9.17, 15) is 0 Å². The standard InChI is InChI=1S/C17H35N3/c1-2-16-8-3-4-9-17(16)20-13-7-12-19(14-15-20)11-6-5-10-18/h16-17H,2-15,18H2,1H3. The van der Waals surface area contributed by atoms with Crippen molar-refractivity contribution in [3.63, 3.8) is 0 Å². The summed E-state index contributed by atoms with van der Waals surface area (Å²) in [5.41, 5.74) is 5.60. The Bertz CT molecular complexity index is 257. The Balaban J connectivity index is 1.79. The molecule has 3 nitrogen and oxygen atoms in total. The van der Waals surface area contributed by atoms with Crippen molar-refractivity contribution in [2.24, 2.45) is 11.7 Å². The van der Waals surface area contributed by atoms with Crippen molar-refractivity contribution < 1.29 is 0 Å². The predicted molar refractivity (Wildman–Crippen MR) is 87.0 cm³/mol. The van der Waals surface area contributed by atoms with Crippen LogP contribution in [0.4, 0.5) is 0 Å². The van der Waals surface area contributed by atoms with Crippen LogP contribution < -0.4 is 5.73 Å². The van der Waals surface area contributed by atoms with Gasteiger partial charge in [0.05, 0.1) is 0 Å². The highest BCUT2D eigenvalue weighted by Crippen LogP contribution is 2.31. The van der Waals surface area contributed by atoms with E-state index in [0.29, 0.717) is 0 Å². The molecular formula is C17H35N3. The average molecular weight is 281 g/mol. The summed E-state index contributed by atoms with van der Waals surface area (Å²) in [6, 6.07) is 0.887. The van der Waals surface area contributed by atoms with Crippen LogP contribution >= 0.6 is 0 Å². The van der Waals surface area contributed by atoms with Crippen LogP contribution in [0.2, 0.25) is 0 Å². The molecule has 0 spiro atoms. The third kappa shape index (κ3) is 4.71. The minimum atomic E-state index is 0.847. The SMILES string of the molecule is CCC1CCCCC1N1CCCN(CCCCN)CC1. The summed E-state index contributed by atoms with van der Waals surface area (Å²) in [7, 11) is 0.